The van der Waals surface area contributed by atoms with Crippen molar-refractivity contribution in [3.05, 3.63) is 54.0 Å². The van der Waals surface area contributed by atoms with E-state index in [1.165, 1.54) is 11.2 Å². The molecule has 0 N–H and O–H groups in total. The molecule has 1 fully saturated rings. The predicted octanol–water partition coefficient (Wildman–Crippen LogP) is 1.79. The van der Waals surface area contributed by atoms with Crippen molar-refractivity contribution in [1.29, 1.82) is 0 Å². The molecule has 24 heavy (non-hydrogen) atoms. The highest BCUT2D eigenvalue weighted by molar-refractivity contribution is 7.91. The van der Waals surface area contributed by atoms with E-state index >= 15 is 0 Å². The normalized spacial score (nSPS) is 15.1. The van der Waals surface area contributed by atoms with E-state index in [4.69, 9.17) is 9.15 Å². The maximum absolute atomic E-state index is 12.2. The Labute approximate surface area is 140 Å². The Balaban J connectivity index is 1.48. The van der Waals surface area contributed by atoms with Crippen LogP contribution in [0.5, 0.6) is 5.75 Å². The molecule has 2 heterocycles. The third-order valence-electron chi connectivity index (χ3n) is 3.98. The molecule has 1 aliphatic heterocycles. The van der Waals surface area contributed by atoms with E-state index in [1.54, 1.807) is 18.2 Å². The van der Waals surface area contributed by atoms with E-state index in [0.717, 1.165) is 5.56 Å². The minimum Gasteiger partial charge on any atom is -0.484 e. The summed E-state index contributed by atoms with van der Waals surface area (Å²) in [4.78, 5) is 13.6. The van der Waals surface area contributed by atoms with Gasteiger partial charge >= 0.3 is 0 Å². The van der Waals surface area contributed by atoms with Crippen LogP contribution in [0.2, 0.25) is 0 Å². The number of aryl methyl sites for hydroxylation is 1. The second-order valence-electron chi connectivity index (χ2n) is 5.91. The van der Waals surface area contributed by atoms with E-state index in [9.17, 15) is 13.2 Å². The van der Waals surface area contributed by atoms with Crippen LogP contribution < -0.4 is 4.74 Å². The van der Waals surface area contributed by atoms with Crippen molar-refractivity contribution in [2.75, 3.05) is 19.7 Å². The van der Waals surface area contributed by atoms with Crippen LogP contribution in [0.4, 0.5) is 0 Å². The number of likely N-dealkylation sites (tertiary alicyclic amines) is 1. The van der Waals surface area contributed by atoms with Crippen LogP contribution in [-0.4, -0.2) is 44.2 Å². The van der Waals surface area contributed by atoms with Gasteiger partial charge in [0.2, 0.25) is 0 Å². The average Bonchev–Trinajstić information content (AvgIpc) is 2.95. The smallest absolute Gasteiger partial charge is 0.260 e. The Morgan fingerprint density at radius 2 is 2.08 bits per heavy atom. The molecular formula is C17H19NO5S. The summed E-state index contributed by atoms with van der Waals surface area (Å²) in [7, 11) is -3.31. The fourth-order valence-corrected chi connectivity index (χ4v) is 4.13. The van der Waals surface area contributed by atoms with Crippen LogP contribution in [0.25, 0.3) is 0 Å². The van der Waals surface area contributed by atoms with Gasteiger partial charge in [0, 0.05) is 13.1 Å². The molecule has 0 bridgehead atoms. The van der Waals surface area contributed by atoms with Gasteiger partial charge in [-0.25, -0.2) is 8.42 Å². The largest absolute Gasteiger partial charge is 0.484 e. The van der Waals surface area contributed by atoms with Crippen molar-refractivity contribution in [3.8, 4) is 5.75 Å². The van der Waals surface area contributed by atoms with Crippen molar-refractivity contribution in [2.24, 2.45) is 0 Å². The minimum absolute atomic E-state index is 0.0889. The first-order chi connectivity index (χ1) is 11.4. The number of carbonyl (C=O) groups excluding carboxylic acids is 1. The lowest BCUT2D eigenvalue weighted by atomic mass is 10.2. The van der Waals surface area contributed by atoms with Crippen LogP contribution in [0, 0.1) is 6.92 Å². The van der Waals surface area contributed by atoms with Crippen molar-refractivity contribution >= 4 is 15.7 Å². The summed E-state index contributed by atoms with van der Waals surface area (Å²) < 4.78 is 35.0. The van der Waals surface area contributed by atoms with Gasteiger partial charge in [-0.3, -0.25) is 4.79 Å². The summed E-state index contributed by atoms with van der Waals surface area (Å²) in [5, 5.41) is -0.537. The molecule has 0 radical (unpaired) electrons. The minimum atomic E-state index is -3.31. The molecule has 128 valence electrons. The summed E-state index contributed by atoms with van der Waals surface area (Å²) in [6, 6.07) is 10.7. The fourth-order valence-electron chi connectivity index (χ4n) is 2.52. The predicted molar refractivity (Wildman–Crippen MR) is 88.4 cm³/mol. The Kier molecular flexibility index (Phi) is 4.62. The van der Waals surface area contributed by atoms with E-state index in [2.05, 4.69) is 0 Å². The Morgan fingerprint density at radius 1 is 1.29 bits per heavy atom. The molecule has 0 saturated carbocycles. The van der Waals surface area contributed by atoms with Crippen molar-refractivity contribution in [3.63, 3.8) is 0 Å². The molecule has 6 nitrogen and oxygen atoms in total. The number of carbonyl (C=O) groups is 1. The van der Waals surface area contributed by atoms with Gasteiger partial charge in [-0.1, -0.05) is 12.1 Å². The topological polar surface area (TPSA) is 76.8 Å². The molecule has 1 aromatic carbocycles. The first-order valence-corrected chi connectivity index (χ1v) is 9.37. The molecular weight excluding hydrogens is 330 g/mol. The molecule has 1 aliphatic rings. The number of furan rings is 1. The van der Waals surface area contributed by atoms with Gasteiger partial charge in [0.25, 0.3) is 5.91 Å². The van der Waals surface area contributed by atoms with Gasteiger partial charge in [0.05, 0.1) is 11.5 Å². The summed E-state index contributed by atoms with van der Waals surface area (Å²) >= 11 is 0. The summed E-state index contributed by atoms with van der Waals surface area (Å²) in [5.41, 5.74) is 1.05. The number of amides is 1. The maximum Gasteiger partial charge on any atom is 0.260 e. The fraction of sp³-hybridized carbons (Fsp3) is 0.353. The second kappa shape index (κ2) is 6.68. The quantitative estimate of drug-likeness (QED) is 0.795. The third-order valence-corrected chi connectivity index (χ3v) is 5.98. The number of ether oxygens (including phenoxy) is 1. The zero-order chi connectivity index (χ0) is 17.2. The Hall–Kier alpha value is -2.28. The first-order valence-electron chi connectivity index (χ1n) is 7.65. The van der Waals surface area contributed by atoms with Gasteiger partial charge in [-0.2, -0.15) is 0 Å². The summed E-state index contributed by atoms with van der Waals surface area (Å²) in [5.74, 6) is 0.710. The SMILES string of the molecule is Cc1cccc(OCC(=O)N2CC(S(=O)(=O)Cc3ccco3)C2)c1. The lowest BCUT2D eigenvalue weighted by Gasteiger charge is -2.38. The number of rotatable bonds is 6. The molecule has 0 atom stereocenters. The highest BCUT2D eigenvalue weighted by Crippen LogP contribution is 2.21. The molecule has 7 heteroatoms. The highest BCUT2D eigenvalue weighted by Gasteiger charge is 2.40. The second-order valence-corrected chi connectivity index (χ2v) is 8.19. The van der Waals surface area contributed by atoms with E-state index in [1.807, 2.05) is 25.1 Å². The van der Waals surface area contributed by atoms with Gasteiger partial charge in [0.1, 0.15) is 17.3 Å². The Morgan fingerprint density at radius 3 is 2.75 bits per heavy atom. The van der Waals surface area contributed by atoms with E-state index in [0.29, 0.717) is 11.5 Å². The number of hydrogen-bond acceptors (Lipinski definition) is 5. The van der Waals surface area contributed by atoms with Crippen molar-refractivity contribution in [2.45, 2.75) is 17.9 Å². The molecule has 0 aliphatic carbocycles. The van der Waals surface area contributed by atoms with Crippen LogP contribution in [0.3, 0.4) is 0 Å². The van der Waals surface area contributed by atoms with Crippen LogP contribution in [0.1, 0.15) is 11.3 Å². The summed E-state index contributed by atoms with van der Waals surface area (Å²) in [6.07, 6.45) is 1.45. The summed E-state index contributed by atoms with van der Waals surface area (Å²) in [6.45, 7) is 2.27. The molecule has 0 spiro atoms. The highest BCUT2D eigenvalue weighted by atomic mass is 32.2. The number of nitrogens with zero attached hydrogens (tertiary/aromatic N) is 1. The van der Waals surface area contributed by atoms with Gasteiger partial charge in [-0.05, 0) is 36.8 Å². The van der Waals surface area contributed by atoms with E-state index in [-0.39, 0.29) is 31.4 Å². The first kappa shape index (κ1) is 16.6. The number of hydrogen-bond donors (Lipinski definition) is 0. The molecule has 2 aromatic rings. The van der Waals surface area contributed by atoms with Crippen molar-refractivity contribution in [1.82, 2.24) is 4.90 Å². The standard InChI is InChI=1S/C17H19NO5S/c1-13-4-2-5-14(8-13)23-11-17(19)18-9-16(10-18)24(20,21)12-15-6-3-7-22-15/h2-8,16H,9-12H2,1H3. The van der Waals surface area contributed by atoms with Gasteiger partial charge < -0.3 is 14.1 Å². The van der Waals surface area contributed by atoms with Gasteiger partial charge in [-0.15, -0.1) is 0 Å². The molecule has 0 unspecified atom stereocenters. The molecule has 1 saturated heterocycles. The lowest BCUT2D eigenvalue weighted by Crippen LogP contribution is -2.58. The van der Waals surface area contributed by atoms with Crippen LogP contribution in [0.15, 0.2) is 47.1 Å². The van der Waals surface area contributed by atoms with Crippen molar-refractivity contribution < 1.29 is 22.4 Å². The molecule has 3 rings (SSSR count). The zero-order valence-electron chi connectivity index (χ0n) is 13.3. The number of benzene rings is 1. The van der Waals surface area contributed by atoms with E-state index < -0.39 is 15.1 Å². The monoisotopic (exact) mass is 349 g/mol. The zero-order valence-corrected chi connectivity index (χ0v) is 14.2. The van der Waals surface area contributed by atoms with Crippen LogP contribution >= 0.6 is 0 Å². The molecule has 1 amide bonds. The van der Waals surface area contributed by atoms with Gasteiger partial charge in [0.15, 0.2) is 16.4 Å². The molecule has 1 aromatic heterocycles. The average molecular weight is 349 g/mol. The third kappa shape index (κ3) is 3.79. The number of sulfone groups is 1. The Bertz CT molecular complexity index is 807. The lowest BCUT2D eigenvalue weighted by molar-refractivity contribution is -0.136. The maximum atomic E-state index is 12.2. The van der Waals surface area contributed by atoms with Crippen LogP contribution in [-0.2, 0) is 20.4 Å².